The molecule has 0 aliphatic heterocycles. The first-order chi connectivity index (χ1) is 11.7. The molecule has 0 aliphatic rings. The van der Waals surface area contributed by atoms with E-state index in [1.54, 1.807) is 0 Å². The van der Waals surface area contributed by atoms with Gasteiger partial charge >= 0.3 is 0 Å². The van der Waals surface area contributed by atoms with E-state index in [-0.39, 0.29) is 0 Å². The van der Waals surface area contributed by atoms with Crippen molar-refractivity contribution in [3.8, 4) is 5.75 Å². The van der Waals surface area contributed by atoms with E-state index in [1.807, 2.05) is 66.7 Å². The van der Waals surface area contributed by atoms with Gasteiger partial charge in [-0.25, -0.2) is 0 Å². The maximum atomic E-state index is 6.15. The molecule has 0 spiro atoms. The van der Waals surface area contributed by atoms with Crippen LogP contribution in [0.25, 0.3) is 0 Å². The van der Waals surface area contributed by atoms with Gasteiger partial charge in [0.05, 0.1) is 0 Å². The third-order valence-corrected chi connectivity index (χ3v) is 4.21. The standard InChI is InChI=1S/C20H17Cl2NO/c21-17-8-10-18(11-9-17)23-13-15-4-3-6-19(12-15)24-14-16-5-1-2-7-20(16)22/h1-12,23H,13-14H2. The number of ether oxygens (including phenoxy) is 1. The molecule has 3 aromatic rings. The van der Waals surface area contributed by atoms with Crippen LogP contribution in [0.1, 0.15) is 11.1 Å². The van der Waals surface area contributed by atoms with Crippen molar-refractivity contribution in [3.05, 3.63) is 94.0 Å². The number of nitrogens with one attached hydrogen (secondary N) is 1. The van der Waals surface area contributed by atoms with Crippen LogP contribution in [0.3, 0.4) is 0 Å². The van der Waals surface area contributed by atoms with E-state index in [2.05, 4.69) is 11.4 Å². The van der Waals surface area contributed by atoms with Gasteiger partial charge in [0, 0.05) is 27.8 Å². The molecule has 0 atom stereocenters. The zero-order valence-corrected chi connectivity index (χ0v) is 14.5. The smallest absolute Gasteiger partial charge is 0.120 e. The van der Waals surface area contributed by atoms with Gasteiger partial charge in [-0.15, -0.1) is 0 Å². The van der Waals surface area contributed by atoms with Crippen molar-refractivity contribution in [2.75, 3.05) is 5.32 Å². The summed E-state index contributed by atoms with van der Waals surface area (Å²) in [6, 6.07) is 23.4. The Labute approximate surface area is 152 Å². The summed E-state index contributed by atoms with van der Waals surface area (Å²) in [5.74, 6) is 0.824. The van der Waals surface area contributed by atoms with Crippen molar-refractivity contribution < 1.29 is 4.74 Å². The lowest BCUT2D eigenvalue weighted by molar-refractivity contribution is 0.306. The van der Waals surface area contributed by atoms with Crippen LogP contribution in [0, 0.1) is 0 Å². The average Bonchev–Trinajstić information content (AvgIpc) is 2.61. The molecule has 0 saturated heterocycles. The van der Waals surface area contributed by atoms with Gasteiger partial charge in [-0.1, -0.05) is 53.5 Å². The molecule has 3 rings (SSSR count). The van der Waals surface area contributed by atoms with E-state index in [9.17, 15) is 0 Å². The Bertz CT molecular complexity index is 803. The van der Waals surface area contributed by atoms with Gasteiger partial charge in [-0.05, 0) is 48.0 Å². The highest BCUT2D eigenvalue weighted by Gasteiger charge is 2.02. The van der Waals surface area contributed by atoms with Crippen LogP contribution in [0.15, 0.2) is 72.8 Å². The van der Waals surface area contributed by atoms with E-state index >= 15 is 0 Å². The molecular formula is C20H17Cl2NO. The molecule has 0 aromatic heterocycles. The first kappa shape index (κ1) is 16.7. The molecule has 0 aliphatic carbocycles. The van der Waals surface area contributed by atoms with Crippen LogP contribution in [0.2, 0.25) is 10.0 Å². The van der Waals surface area contributed by atoms with Crippen molar-refractivity contribution in [2.45, 2.75) is 13.2 Å². The Hall–Kier alpha value is -2.16. The van der Waals surface area contributed by atoms with Crippen molar-refractivity contribution >= 4 is 28.9 Å². The SMILES string of the molecule is Clc1ccc(NCc2cccc(OCc3ccccc3Cl)c2)cc1. The minimum Gasteiger partial charge on any atom is -0.489 e. The van der Waals surface area contributed by atoms with Crippen LogP contribution in [0.4, 0.5) is 5.69 Å². The predicted octanol–water partition coefficient (Wildman–Crippen LogP) is 6.18. The van der Waals surface area contributed by atoms with E-state index in [0.717, 1.165) is 32.6 Å². The number of hydrogen-bond donors (Lipinski definition) is 1. The first-order valence-electron chi connectivity index (χ1n) is 7.65. The van der Waals surface area contributed by atoms with Crippen LogP contribution < -0.4 is 10.1 Å². The highest BCUT2D eigenvalue weighted by Crippen LogP contribution is 2.20. The molecule has 1 N–H and O–H groups in total. The molecule has 0 fully saturated rings. The normalized spacial score (nSPS) is 10.4. The number of anilines is 1. The molecule has 122 valence electrons. The second-order valence-electron chi connectivity index (χ2n) is 5.39. The number of rotatable bonds is 6. The molecule has 4 heteroatoms. The topological polar surface area (TPSA) is 21.3 Å². The maximum Gasteiger partial charge on any atom is 0.120 e. The Morgan fingerprint density at radius 3 is 2.42 bits per heavy atom. The number of benzene rings is 3. The summed E-state index contributed by atoms with van der Waals surface area (Å²) >= 11 is 12.0. The Kier molecular flexibility index (Phi) is 5.63. The Morgan fingerprint density at radius 2 is 1.62 bits per heavy atom. The van der Waals surface area contributed by atoms with Gasteiger partial charge in [0.2, 0.25) is 0 Å². The lowest BCUT2D eigenvalue weighted by Gasteiger charge is -2.10. The maximum absolute atomic E-state index is 6.15. The fraction of sp³-hybridized carbons (Fsp3) is 0.100. The lowest BCUT2D eigenvalue weighted by Crippen LogP contribution is -2.00. The van der Waals surface area contributed by atoms with E-state index in [1.165, 1.54) is 0 Å². The summed E-state index contributed by atoms with van der Waals surface area (Å²) in [6.07, 6.45) is 0. The second-order valence-corrected chi connectivity index (χ2v) is 6.23. The minimum atomic E-state index is 0.452. The van der Waals surface area contributed by atoms with Gasteiger partial charge in [0.1, 0.15) is 12.4 Å². The van der Waals surface area contributed by atoms with E-state index in [4.69, 9.17) is 27.9 Å². The summed E-state index contributed by atoms with van der Waals surface area (Å²) in [6.45, 7) is 1.17. The van der Waals surface area contributed by atoms with Gasteiger partial charge in [-0.2, -0.15) is 0 Å². The Morgan fingerprint density at radius 1 is 0.833 bits per heavy atom. The zero-order chi connectivity index (χ0) is 16.8. The Balaban J connectivity index is 1.59. The predicted molar refractivity (Wildman–Crippen MR) is 101 cm³/mol. The molecule has 24 heavy (non-hydrogen) atoms. The summed E-state index contributed by atoms with van der Waals surface area (Å²) in [7, 11) is 0. The van der Waals surface area contributed by atoms with Crippen LogP contribution in [0.5, 0.6) is 5.75 Å². The van der Waals surface area contributed by atoms with Gasteiger partial charge in [0.25, 0.3) is 0 Å². The van der Waals surface area contributed by atoms with Crippen molar-refractivity contribution in [2.24, 2.45) is 0 Å². The van der Waals surface area contributed by atoms with Crippen molar-refractivity contribution in [1.29, 1.82) is 0 Å². The molecule has 0 radical (unpaired) electrons. The summed E-state index contributed by atoms with van der Waals surface area (Å²) < 4.78 is 5.85. The van der Waals surface area contributed by atoms with E-state index < -0.39 is 0 Å². The monoisotopic (exact) mass is 357 g/mol. The molecule has 0 bridgehead atoms. The van der Waals surface area contributed by atoms with Crippen molar-refractivity contribution in [1.82, 2.24) is 0 Å². The molecule has 0 saturated carbocycles. The highest BCUT2D eigenvalue weighted by atomic mass is 35.5. The van der Waals surface area contributed by atoms with Crippen LogP contribution >= 0.6 is 23.2 Å². The summed E-state index contributed by atoms with van der Waals surface area (Å²) in [5.41, 5.74) is 3.15. The lowest BCUT2D eigenvalue weighted by atomic mass is 10.2. The second kappa shape index (κ2) is 8.09. The first-order valence-corrected chi connectivity index (χ1v) is 8.41. The number of halogens is 2. The molecule has 0 amide bonds. The highest BCUT2D eigenvalue weighted by molar-refractivity contribution is 6.31. The minimum absolute atomic E-state index is 0.452. The fourth-order valence-corrected chi connectivity index (χ4v) is 2.61. The largest absolute Gasteiger partial charge is 0.489 e. The zero-order valence-electron chi connectivity index (χ0n) is 13.0. The summed E-state index contributed by atoms with van der Waals surface area (Å²) in [5, 5.41) is 4.82. The van der Waals surface area contributed by atoms with Gasteiger partial charge in [0.15, 0.2) is 0 Å². The molecule has 0 unspecified atom stereocenters. The van der Waals surface area contributed by atoms with Gasteiger partial charge < -0.3 is 10.1 Å². The molecular weight excluding hydrogens is 341 g/mol. The third kappa shape index (κ3) is 4.67. The molecule has 0 heterocycles. The average molecular weight is 358 g/mol. The molecule has 2 nitrogen and oxygen atoms in total. The summed E-state index contributed by atoms with van der Waals surface area (Å²) in [4.78, 5) is 0. The van der Waals surface area contributed by atoms with Crippen LogP contribution in [-0.2, 0) is 13.2 Å². The van der Waals surface area contributed by atoms with E-state index in [0.29, 0.717) is 13.2 Å². The molecule has 3 aromatic carbocycles. The van der Waals surface area contributed by atoms with Crippen molar-refractivity contribution in [3.63, 3.8) is 0 Å². The third-order valence-electron chi connectivity index (χ3n) is 3.59. The van der Waals surface area contributed by atoms with Crippen LogP contribution in [-0.4, -0.2) is 0 Å². The number of hydrogen-bond acceptors (Lipinski definition) is 2. The fourth-order valence-electron chi connectivity index (χ4n) is 2.29. The quantitative estimate of drug-likeness (QED) is 0.568. The van der Waals surface area contributed by atoms with Gasteiger partial charge in [-0.3, -0.25) is 0 Å².